The van der Waals surface area contributed by atoms with Crippen LogP contribution < -0.4 is 25.4 Å². The van der Waals surface area contributed by atoms with E-state index in [1.807, 2.05) is 36.9 Å². The summed E-state index contributed by atoms with van der Waals surface area (Å²) in [5.74, 6) is 1.63. The molecule has 1 aromatic heterocycles. The fourth-order valence-electron chi connectivity index (χ4n) is 4.96. The number of carbonyl (C=O) groups is 1. The van der Waals surface area contributed by atoms with Gasteiger partial charge < -0.3 is 24.4 Å². The summed E-state index contributed by atoms with van der Waals surface area (Å²) in [4.78, 5) is 27.7. The van der Waals surface area contributed by atoms with Gasteiger partial charge in [0.25, 0.3) is 11.5 Å². The molecule has 1 amide bonds. The quantitative estimate of drug-likeness (QED) is 0.579. The standard InChI is InChI=1S/C23H30N4O3/c1-25(2)15-22(28)24-20-8-9-21-18-10-17(13-27(21)23(20)29)12-26(14-18)11-16-4-6-19(30-3)7-5-16/h4-9,17-18H,10-15H2,1-3H3,(H,24,28)/p+2/t17-,18+/m0/s1. The van der Waals surface area contributed by atoms with E-state index in [0.717, 1.165) is 48.9 Å². The van der Waals surface area contributed by atoms with Crippen molar-refractivity contribution in [2.75, 3.05) is 46.2 Å². The van der Waals surface area contributed by atoms with Crippen LogP contribution in [-0.2, 0) is 17.9 Å². The summed E-state index contributed by atoms with van der Waals surface area (Å²) in [5, 5.41) is 2.80. The molecular formula is C23H32N4O3+2. The zero-order valence-corrected chi connectivity index (χ0v) is 18.0. The summed E-state index contributed by atoms with van der Waals surface area (Å²) >= 11 is 0. The number of piperidine rings is 1. The second-order valence-electron chi connectivity index (χ2n) is 9.00. The number of hydrogen-bond donors (Lipinski definition) is 3. The van der Waals surface area contributed by atoms with Crippen molar-refractivity contribution in [3.8, 4) is 5.75 Å². The highest BCUT2D eigenvalue weighted by Gasteiger charge is 2.37. The fraction of sp³-hybridized carbons (Fsp3) is 0.478. The fourth-order valence-corrected chi connectivity index (χ4v) is 4.96. The molecule has 3 N–H and O–H groups in total. The number of nitrogens with one attached hydrogen (secondary N) is 3. The topological polar surface area (TPSA) is 69.2 Å². The molecule has 1 aromatic carbocycles. The van der Waals surface area contributed by atoms with Crippen LogP contribution in [0.25, 0.3) is 0 Å². The number of carbonyl (C=O) groups excluding carboxylic acids is 1. The van der Waals surface area contributed by atoms with Crippen molar-refractivity contribution < 1.29 is 19.3 Å². The van der Waals surface area contributed by atoms with E-state index in [-0.39, 0.29) is 11.5 Å². The lowest BCUT2D eigenvalue weighted by atomic mass is 9.83. The average Bonchev–Trinajstić information content (AvgIpc) is 2.70. The van der Waals surface area contributed by atoms with E-state index in [4.69, 9.17) is 4.74 Å². The Balaban J connectivity index is 1.48. The molecule has 1 saturated heterocycles. The molecule has 2 aromatic rings. The van der Waals surface area contributed by atoms with E-state index in [0.29, 0.717) is 24.1 Å². The number of benzene rings is 1. The first-order chi connectivity index (χ1) is 14.4. The van der Waals surface area contributed by atoms with Gasteiger partial charge in [-0.2, -0.15) is 0 Å². The SMILES string of the molecule is COc1ccc(C[NH+]2C[C@@H]3C[C@H](C2)c2ccc(NC(=O)C[NH+](C)C)c(=O)n2C3)cc1. The molecule has 7 heteroatoms. The molecule has 30 heavy (non-hydrogen) atoms. The molecule has 2 bridgehead atoms. The minimum Gasteiger partial charge on any atom is -0.497 e. The predicted octanol–water partition coefficient (Wildman–Crippen LogP) is -0.858. The monoisotopic (exact) mass is 412 g/mol. The van der Waals surface area contributed by atoms with Gasteiger partial charge >= 0.3 is 0 Å². The molecule has 7 nitrogen and oxygen atoms in total. The number of hydrogen-bond acceptors (Lipinski definition) is 3. The molecule has 0 saturated carbocycles. The van der Waals surface area contributed by atoms with Crippen LogP contribution in [0.4, 0.5) is 5.69 Å². The second kappa shape index (κ2) is 8.62. The third-order valence-corrected chi connectivity index (χ3v) is 6.20. The smallest absolute Gasteiger partial charge is 0.279 e. The van der Waals surface area contributed by atoms with E-state index in [2.05, 4.69) is 17.4 Å². The molecular weight excluding hydrogens is 380 g/mol. The zero-order valence-electron chi connectivity index (χ0n) is 18.0. The number of aromatic nitrogens is 1. The summed E-state index contributed by atoms with van der Waals surface area (Å²) in [6.07, 6.45) is 1.14. The van der Waals surface area contributed by atoms with Crippen LogP contribution in [0.3, 0.4) is 0 Å². The molecule has 2 aliphatic heterocycles. The minimum absolute atomic E-state index is 0.0667. The molecule has 0 aliphatic carbocycles. The van der Waals surface area contributed by atoms with Gasteiger partial charge in [0, 0.05) is 29.6 Å². The van der Waals surface area contributed by atoms with E-state index >= 15 is 0 Å². The third kappa shape index (κ3) is 4.42. The molecule has 0 spiro atoms. The van der Waals surface area contributed by atoms with Crippen LogP contribution in [0.15, 0.2) is 41.2 Å². The number of likely N-dealkylation sites (N-methyl/N-ethyl adjacent to an activating group) is 1. The number of ether oxygens (including phenoxy) is 1. The van der Waals surface area contributed by atoms with Crippen LogP contribution in [0.2, 0.25) is 0 Å². The first-order valence-electron chi connectivity index (χ1n) is 10.7. The first kappa shape index (κ1) is 20.6. The largest absolute Gasteiger partial charge is 0.497 e. The number of rotatable bonds is 6. The van der Waals surface area contributed by atoms with Gasteiger partial charge in [0.1, 0.15) is 18.0 Å². The summed E-state index contributed by atoms with van der Waals surface area (Å²) in [5.41, 5.74) is 2.75. The maximum Gasteiger partial charge on any atom is 0.279 e. The van der Waals surface area contributed by atoms with Crippen molar-refractivity contribution in [1.29, 1.82) is 0 Å². The Labute approximate surface area is 177 Å². The molecule has 3 heterocycles. The zero-order chi connectivity index (χ0) is 21.3. The van der Waals surface area contributed by atoms with Crippen LogP contribution in [0.1, 0.15) is 23.6 Å². The molecule has 2 aliphatic rings. The van der Waals surface area contributed by atoms with Gasteiger partial charge in [-0.1, -0.05) is 0 Å². The highest BCUT2D eigenvalue weighted by Crippen LogP contribution is 2.31. The minimum atomic E-state index is -0.126. The van der Waals surface area contributed by atoms with Gasteiger partial charge in [-0.25, -0.2) is 0 Å². The lowest BCUT2D eigenvalue weighted by molar-refractivity contribution is -0.924. The molecule has 1 fully saturated rings. The lowest BCUT2D eigenvalue weighted by Crippen LogP contribution is -3.13. The number of quaternary nitrogens is 2. The summed E-state index contributed by atoms with van der Waals surface area (Å²) in [6, 6.07) is 12.1. The Morgan fingerprint density at radius 1 is 1.20 bits per heavy atom. The van der Waals surface area contributed by atoms with Crippen LogP contribution in [0, 0.1) is 5.92 Å². The second-order valence-corrected chi connectivity index (χ2v) is 9.00. The predicted molar refractivity (Wildman–Crippen MR) is 115 cm³/mol. The number of fused-ring (bicyclic) bond motifs is 4. The van der Waals surface area contributed by atoms with Crippen molar-refractivity contribution in [2.45, 2.75) is 25.4 Å². The first-order valence-corrected chi connectivity index (χ1v) is 10.7. The highest BCUT2D eigenvalue weighted by atomic mass is 16.5. The third-order valence-electron chi connectivity index (χ3n) is 6.20. The number of amides is 1. The van der Waals surface area contributed by atoms with Gasteiger partial charge in [-0.3, -0.25) is 9.59 Å². The number of likely N-dealkylation sites (tertiary alicyclic amines) is 1. The Kier molecular flexibility index (Phi) is 5.92. The summed E-state index contributed by atoms with van der Waals surface area (Å²) in [6.45, 7) is 4.16. The van der Waals surface area contributed by atoms with E-state index in [9.17, 15) is 9.59 Å². The summed E-state index contributed by atoms with van der Waals surface area (Å²) < 4.78 is 7.16. The van der Waals surface area contributed by atoms with Crippen molar-refractivity contribution in [3.05, 3.63) is 58.0 Å². The number of anilines is 1. The van der Waals surface area contributed by atoms with Crippen molar-refractivity contribution in [3.63, 3.8) is 0 Å². The molecule has 160 valence electrons. The van der Waals surface area contributed by atoms with Gasteiger partial charge in [0.05, 0.1) is 34.3 Å². The number of pyridine rings is 1. The summed E-state index contributed by atoms with van der Waals surface area (Å²) in [7, 11) is 5.52. The molecule has 1 unspecified atom stereocenters. The van der Waals surface area contributed by atoms with Gasteiger partial charge in [0.2, 0.25) is 0 Å². The van der Waals surface area contributed by atoms with Gasteiger partial charge in [-0.15, -0.1) is 0 Å². The van der Waals surface area contributed by atoms with Crippen molar-refractivity contribution >= 4 is 11.6 Å². The van der Waals surface area contributed by atoms with Crippen molar-refractivity contribution in [1.82, 2.24) is 4.57 Å². The Hall–Kier alpha value is -2.64. The normalized spacial score (nSPS) is 22.5. The molecule has 0 radical (unpaired) electrons. The van der Waals surface area contributed by atoms with E-state index in [1.54, 1.807) is 18.1 Å². The van der Waals surface area contributed by atoms with E-state index < -0.39 is 0 Å². The van der Waals surface area contributed by atoms with Crippen LogP contribution in [0.5, 0.6) is 5.75 Å². The van der Waals surface area contributed by atoms with Gasteiger partial charge in [-0.05, 0) is 42.8 Å². The average molecular weight is 413 g/mol. The van der Waals surface area contributed by atoms with E-state index in [1.165, 1.54) is 5.56 Å². The van der Waals surface area contributed by atoms with Crippen LogP contribution >= 0.6 is 0 Å². The highest BCUT2D eigenvalue weighted by molar-refractivity contribution is 5.91. The van der Waals surface area contributed by atoms with Gasteiger partial charge in [0.15, 0.2) is 6.54 Å². The lowest BCUT2D eigenvalue weighted by Gasteiger charge is -2.40. The Morgan fingerprint density at radius 2 is 1.97 bits per heavy atom. The maximum atomic E-state index is 13.0. The number of nitrogens with zero attached hydrogens (tertiary/aromatic N) is 1. The molecule has 3 atom stereocenters. The number of methoxy groups -OCH3 is 1. The Bertz CT molecular complexity index is 967. The molecule has 4 rings (SSSR count). The van der Waals surface area contributed by atoms with Crippen molar-refractivity contribution in [2.24, 2.45) is 5.92 Å². The Morgan fingerprint density at radius 3 is 2.67 bits per heavy atom. The van der Waals surface area contributed by atoms with Crippen LogP contribution in [-0.4, -0.2) is 51.3 Å². The maximum absolute atomic E-state index is 13.0.